The number of hydrogen-bond donors (Lipinski definition) is 2. The minimum atomic E-state index is -1.17. The highest BCUT2D eigenvalue weighted by atomic mass is 32.2. The van der Waals surface area contributed by atoms with Gasteiger partial charge in [-0.25, -0.2) is 4.79 Å². The molecule has 0 radical (unpaired) electrons. The number of thioether (sulfide) groups is 1. The Morgan fingerprint density at radius 3 is 2.61 bits per heavy atom. The number of aliphatic carboxylic acids is 1. The van der Waals surface area contributed by atoms with Crippen molar-refractivity contribution >= 4 is 46.5 Å². The summed E-state index contributed by atoms with van der Waals surface area (Å²) in [6, 6.07) is 12.0. The Labute approximate surface area is 194 Å². The number of nitrogens with zero attached hydrogens (tertiary/aromatic N) is 1. The summed E-state index contributed by atoms with van der Waals surface area (Å²) < 4.78 is 10.9. The Bertz CT molecular complexity index is 1130. The molecule has 2 aromatic carbocycles. The highest BCUT2D eigenvalue weighted by Gasteiger charge is 2.36. The van der Waals surface area contributed by atoms with Gasteiger partial charge in [-0.3, -0.25) is 19.3 Å². The zero-order valence-electron chi connectivity index (χ0n) is 18.0. The molecule has 172 valence electrons. The van der Waals surface area contributed by atoms with Crippen LogP contribution in [0.5, 0.6) is 11.5 Å². The Balaban J connectivity index is 1.79. The minimum Gasteiger partial charge on any atom is -0.490 e. The third kappa shape index (κ3) is 6.13. The van der Waals surface area contributed by atoms with Gasteiger partial charge in [0, 0.05) is 11.3 Å². The average molecular weight is 471 g/mol. The van der Waals surface area contributed by atoms with Crippen LogP contribution in [0.15, 0.2) is 47.4 Å². The summed E-state index contributed by atoms with van der Waals surface area (Å²) in [6.07, 6.45) is 1.42. The normalized spacial score (nSPS) is 14.5. The van der Waals surface area contributed by atoms with Gasteiger partial charge in [0.05, 0.1) is 11.5 Å². The second-order valence-corrected chi connectivity index (χ2v) is 7.97. The summed E-state index contributed by atoms with van der Waals surface area (Å²) >= 11 is 0.686. The van der Waals surface area contributed by atoms with Crippen molar-refractivity contribution in [3.63, 3.8) is 0 Å². The maximum absolute atomic E-state index is 12.8. The molecule has 0 aromatic heterocycles. The number of imide groups is 1. The van der Waals surface area contributed by atoms with E-state index in [4.69, 9.17) is 14.6 Å². The van der Waals surface area contributed by atoms with E-state index in [2.05, 4.69) is 5.32 Å². The summed E-state index contributed by atoms with van der Waals surface area (Å²) in [4.78, 5) is 49.5. The molecule has 3 rings (SSSR count). The molecule has 0 atom stereocenters. The van der Waals surface area contributed by atoms with Gasteiger partial charge in [0.1, 0.15) is 6.54 Å². The highest BCUT2D eigenvalue weighted by Crippen LogP contribution is 2.37. The van der Waals surface area contributed by atoms with Crippen molar-refractivity contribution in [1.29, 1.82) is 0 Å². The van der Waals surface area contributed by atoms with Crippen LogP contribution in [0.25, 0.3) is 6.08 Å². The molecule has 1 aliphatic rings. The van der Waals surface area contributed by atoms with Crippen LogP contribution in [0.3, 0.4) is 0 Å². The van der Waals surface area contributed by atoms with Crippen LogP contribution in [0.4, 0.5) is 10.5 Å². The van der Waals surface area contributed by atoms with E-state index in [1.165, 1.54) is 6.08 Å². The largest absolute Gasteiger partial charge is 0.490 e. The number of ether oxygens (including phenoxy) is 2. The SMILES string of the molecule is CCOc1cccc(/C=C2\SC(=O)N(CC(=O)Nc3cccc(C)c3)C2=O)c1OCC(=O)O. The Hall–Kier alpha value is -3.79. The lowest BCUT2D eigenvalue weighted by Gasteiger charge is -2.14. The van der Waals surface area contributed by atoms with Crippen molar-refractivity contribution in [2.24, 2.45) is 0 Å². The van der Waals surface area contributed by atoms with Crippen molar-refractivity contribution in [2.45, 2.75) is 13.8 Å². The fraction of sp³-hybridized carbons (Fsp3) is 0.217. The number of carbonyl (C=O) groups excluding carboxylic acids is 3. The Morgan fingerprint density at radius 2 is 1.91 bits per heavy atom. The molecule has 0 bridgehead atoms. The molecule has 1 heterocycles. The number of aryl methyl sites for hydroxylation is 1. The van der Waals surface area contributed by atoms with Crippen LogP contribution in [0, 0.1) is 6.92 Å². The molecule has 1 fully saturated rings. The van der Waals surface area contributed by atoms with Crippen LogP contribution >= 0.6 is 11.8 Å². The lowest BCUT2D eigenvalue weighted by Crippen LogP contribution is -2.36. The van der Waals surface area contributed by atoms with E-state index in [-0.39, 0.29) is 10.7 Å². The summed E-state index contributed by atoms with van der Waals surface area (Å²) in [7, 11) is 0. The molecule has 0 spiro atoms. The van der Waals surface area contributed by atoms with Gasteiger partial charge in [0.2, 0.25) is 5.91 Å². The first-order valence-electron chi connectivity index (χ1n) is 10.0. The van der Waals surface area contributed by atoms with Crippen LogP contribution in [-0.2, 0) is 14.4 Å². The van der Waals surface area contributed by atoms with Gasteiger partial charge < -0.3 is 19.9 Å². The first-order valence-corrected chi connectivity index (χ1v) is 10.8. The first kappa shape index (κ1) is 23.9. The molecule has 1 aliphatic heterocycles. The number of amides is 3. The number of benzene rings is 2. The number of carbonyl (C=O) groups is 4. The second kappa shape index (κ2) is 10.7. The van der Waals surface area contributed by atoms with Gasteiger partial charge in [-0.05, 0) is 55.4 Å². The minimum absolute atomic E-state index is 0.0807. The third-order valence-electron chi connectivity index (χ3n) is 4.41. The average Bonchev–Trinajstić information content (AvgIpc) is 3.00. The quantitative estimate of drug-likeness (QED) is 0.534. The lowest BCUT2D eigenvalue weighted by atomic mass is 10.1. The van der Waals surface area contributed by atoms with Crippen molar-refractivity contribution in [2.75, 3.05) is 25.1 Å². The van der Waals surface area contributed by atoms with Crippen LogP contribution in [0.2, 0.25) is 0 Å². The van der Waals surface area contributed by atoms with Crippen molar-refractivity contribution in [1.82, 2.24) is 4.90 Å². The number of para-hydroxylation sites is 1. The molecule has 0 saturated carbocycles. The maximum atomic E-state index is 12.8. The number of carboxylic acids is 1. The third-order valence-corrected chi connectivity index (χ3v) is 5.32. The van der Waals surface area contributed by atoms with Crippen LogP contribution in [-0.4, -0.2) is 52.8 Å². The predicted molar refractivity (Wildman–Crippen MR) is 123 cm³/mol. The van der Waals surface area contributed by atoms with Gasteiger partial charge in [0.25, 0.3) is 11.1 Å². The number of anilines is 1. The molecule has 2 aromatic rings. The maximum Gasteiger partial charge on any atom is 0.341 e. The van der Waals surface area contributed by atoms with Crippen molar-refractivity contribution in [3.05, 3.63) is 58.5 Å². The summed E-state index contributed by atoms with van der Waals surface area (Å²) in [5, 5.41) is 11.0. The first-order chi connectivity index (χ1) is 15.8. The molecule has 33 heavy (non-hydrogen) atoms. The summed E-state index contributed by atoms with van der Waals surface area (Å²) in [6.45, 7) is 2.93. The molecule has 9 nitrogen and oxygen atoms in total. The second-order valence-electron chi connectivity index (χ2n) is 6.98. The number of nitrogens with one attached hydrogen (secondary N) is 1. The highest BCUT2D eigenvalue weighted by molar-refractivity contribution is 8.18. The van der Waals surface area contributed by atoms with Gasteiger partial charge in [-0.15, -0.1) is 0 Å². The van der Waals surface area contributed by atoms with E-state index in [0.717, 1.165) is 10.5 Å². The van der Waals surface area contributed by atoms with E-state index in [1.807, 2.05) is 13.0 Å². The van der Waals surface area contributed by atoms with Crippen molar-refractivity contribution < 1.29 is 33.8 Å². The summed E-state index contributed by atoms with van der Waals surface area (Å²) in [5.41, 5.74) is 1.89. The molecule has 0 unspecified atom stereocenters. The van der Waals surface area contributed by atoms with E-state index in [1.54, 1.807) is 43.3 Å². The van der Waals surface area contributed by atoms with E-state index in [0.29, 0.717) is 35.4 Å². The fourth-order valence-electron chi connectivity index (χ4n) is 3.05. The molecular formula is C23H22N2O7S. The van der Waals surface area contributed by atoms with Gasteiger partial charge >= 0.3 is 5.97 Å². The number of rotatable bonds is 9. The summed E-state index contributed by atoms with van der Waals surface area (Å²) in [5.74, 6) is -1.86. The molecular weight excluding hydrogens is 448 g/mol. The van der Waals surface area contributed by atoms with E-state index >= 15 is 0 Å². The molecule has 1 saturated heterocycles. The van der Waals surface area contributed by atoms with Crippen LogP contribution < -0.4 is 14.8 Å². The molecule has 2 N–H and O–H groups in total. The van der Waals surface area contributed by atoms with Crippen LogP contribution in [0.1, 0.15) is 18.1 Å². The molecule has 0 aliphatic carbocycles. The van der Waals surface area contributed by atoms with Gasteiger partial charge in [-0.1, -0.05) is 24.3 Å². The topological polar surface area (TPSA) is 122 Å². The van der Waals surface area contributed by atoms with Crippen molar-refractivity contribution in [3.8, 4) is 11.5 Å². The smallest absolute Gasteiger partial charge is 0.341 e. The van der Waals surface area contributed by atoms with E-state index < -0.39 is 36.2 Å². The molecule has 3 amide bonds. The number of hydrogen-bond acceptors (Lipinski definition) is 7. The lowest BCUT2D eigenvalue weighted by molar-refractivity contribution is -0.139. The number of carboxylic acid groups (broad SMARTS) is 1. The van der Waals surface area contributed by atoms with Gasteiger partial charge in [-0.2, -0.15) is 0 Å². The van der Waals surface area contributed by atoms with E-state index in [9.17, 15) is 19.2 Å². The van der Waals surface area contributed by atoms with Gasteiger partial charge in [0.15, 0.2) is 18.1 Å². The standard InChI is InChI=1S/C23H22N2O7S/c1-3-31-17-9-5-7-15(21(17)32-13-20(27)28)11-18-22(29)25(23(30)33-18)12-19(26)24-16-8-4-6-14(2)10-16/h4-11H,3,12-13H2,1-2H3,(H,24,26)(H,27,28)/b18-11-. The zero-order chi connectivity index (χ0) is 24.0. The monoisotopic (exact) mass is 470 g/mol. The predicted octanol–water partition coefficient (Wildman–Crippen LogP) is 3.53. The Morgan fingerprint density at radius 1 is 1.15 bits per heavy atom. The fourth-order valence-corrected chi connectivity index (χ4v) is 3.88. The Kier molecular flexibility index (Phi) is 7.73. The molecule has 10 heteroatoms. The zero-order valence-corrected chi connectivity index (χ0v) is 18.8.